The zero-order valence-corrected chi connectivity index (χ0v) is 11.8. The van der Waals surface area contributed by atoms with Crippen molar-refractivity contribution >= 4 is 23.6 Å². The topological polar surface area (TPSA) is 46.6 Å². The maximum absolute atomic E-state index is 12.9. The normalized spacial score (nSPS) is 16.8. The smallest absolute Gasteiger partial charge is 0.333 e. The highest BCUT2D eigenvalue weighted by Crippen LogP contribution is 2.30. The fourth-order valence-corrected chi connectivity index (χ4v) is 2.69. The SMILES string of the molecule is CCOC(=O)C=C1SCC(=O)N1Cc1ccc(F)cc1. The summed E-state index contributed by atoms with van der Waals surface area (Å²) >= 11 is 1.30. The average molecular weight is 295 g/mol. The highest BCUT2D eigenvalue weighted by molar-refractivity contribution is 8.04. The molecule has 0 radical (unpaired) electrons. The molecule has 1 aliphatic heterocycles. The van der Waals surface area contributed by atoms with E-state index in [1.165, 1.54) is 34.9 Å². The summed E-state index contributed by atoms with van der Waals surface area (Å²) in [6, 6.07) is 5.93. The van der Waals surface area contributed by atoms with Crippen LogP contribution in [0.15, 0.2) is 35.4 Å². The van der Waals surface area contributed by atoms with Crippen molar-refractivity contribution in [2.45, 2.75) is 13.5 Å². The third kappa shape index (κ3) is 3.60. The number of thioether (sulfide) groups is 1. The Kier molecular flexibility index (Phi) is 4.79. The highest BCUT2D eigenvalue weighted by atomic mass is 32.2. The number of esters is 1. The molecule has 1 amide bonds. The summed E-state index contributed by atoms with van der Waals surface area (Å²) in [5.74, 6) is -0.561. The number of carbonyl (C=O) groups excluding carboxylic acids is 2. The molecule has 0 spiro atoms. The van der Waals surface area contributed by atoms with Gasteiger partial charge in [-0.05, 0) is 24.6 Å². The quantitative estimate of drug-likeness (QED) is 0.631. The molecule has 0 bridgehead atoms. The van der Waals surface area contributed by atoms with Gasteiger partial charge >= 0.3 is 5.97 Å². The van der Waals surface area contributed by atoms with Gasteiger partial charge < -0.3 is 9.64 Å². The van der Waals surface area contributed by atoms with Crippen molar-refractivity contribution in [3.63, 3.8) is 0 Å². The van der Waals surface area contributed by atoms with Gasteiger partial charge in [0.05, 0.1) is 30.0 Å². The average Bonchev–Trinajstić information content (AvgIpc) is 2.74. The van der Waals surface area contributed by atoms with Crippen LogP contribution in [0.3, 0.4) is 0 Å². The third-order valence-corrected chi connectivity index (χ3v) is 3.72. The molecule has 1 saturated heterocycles. The van der Waals surface area contributed by atoms with Gasteiger partial charge in [0.25, 0.3) is 0 Å². The Balaban J connectivity index is 2.12. The van der Waals surface area contributed by atoms with Crippen LogP contribution < -0.4 is 0 Å². The fourth-order valence-electron chi connectivity index (χ4n) is 1.76. The molecule has 0 saturated carbocycles. The molecule has 2 rings (SSSR count). The van der Waals surface area contributed by atoms with Crippen LogP contribution in [0.2, 0.25) is 0 Å². The van der Waals surface area contributed by atoms with E-state index in [-0.39, 0.29) is 11.7 Å². The predicted molar refractivity (Wildman–Crippen MR) is 74.1 cm³/mol. The van der Waals surface area contributed by atoms with Gasteiger partial charge in [0.2, 0.25) is 5.91 Å². The Morgan fingerprint density at radius 1 is 1.45 bits per heavy atom. The van der Waals surface area contributed by atoms with Crippen LogP contribution in [0.1, 0.15) is 12.5 Å². The van der Waals surface area contributed by atoms with Crippen LogP contribution in [0.25, 0.3) is 0 Å². The van der Waals surface area contributed by atoms with E-state index < -0.39 is 5.97 Å². The first-order valence-corrected chi connectivity index (χ1v) is 7.14. The summed E-state index contributed by atoms with van der Waals surface area (Å²) < 4.78 is 17.7. The molecule has 1 aromatic carbocycles. The minimum atomic E-state index is -0.464. The molecule has 0 atom stereocenters. The minimum Gasteiger partial charge on any atom is -0.463 e. The Morgan fingerprint density at radius 3 is 2.80 bits per heavy atom. The summed E-state index contributed by atoms with van der Waals surface area (Å²) in [5.41, 5.74) is 0.803. The molecule has 1 heterocycles. The number of carbonyl (C=O) groups is 2. The van der Waals surface area contributed by atoms with Gasteiger partial charge in [-0.2, -0.15) is 0 Å². The van der Waals surface area contributed by atoms with Crippen molar-refractivity contribution in [2.75, 3.05) is 12.4 Å². The molecule has 1 fully saturated rings. The van der Waals surface area contributed by atoms with E-state index in [2.05, 4.69) is 0 Å². The van der Waals surface area contributed by atoms with Crippen molar-refractivity contribution in [3.05, 3.63) is 46.8 Å². The van der Waals surface area contributed by atoms with Gasteiger partial charge in [-0.1, -0.05) is 23.9 Å². The monoisotopic (exact) mass is 295 g/mol. The van der Waals surface area contributed by atoms with E-state index in [1.54, 1.807) is 19.1 Å². The summed E-state index contributed by atoms with van der Waals surface area (Å²) in [5, 5.41) is 0.567. The second-order valence-corrected chi connectivity index (χ2v) is 5.13. The lowest BCUT2D eigenvalue weighted by Gasteiger charge is -2.17. The summed E-state index contributed by atoms with van der Waals surface area (Å²) in [4.78, 5) is 24.8. The lowest BCUT2D eigenvalue weighted by atomic mass is 10.2. The summed E-state index contributed by atoms with van der Waals surface area (Å²) in [6.07, 6.45) is 1.32. The van der Waals surface area contributed by atoms with Gasteiger partial charge in [0, 0.05) is 0 Å². The van der Waals surface area contributed by atoms with E-state index in [0.29, 0.717) is 23.9 Å². The Hall–Kier alpha value is -1.82. The second kappa shape index (κ2) is 6.56. The van der Waals surface area contributed by atoms with E-state index in [9.17, 15) is 14.0 Å². The summed E-state index contributed by atoms with van der Waals surface area (Å²) in [6.45, 7) is 2.33. The number of rotatable bonds is 4. The van der Waals surface area contributed by atoms with E-state index in [1.807, 2.05) is 0 Å². The van der Waals surface area contributed by atoms with Crippen LogP contribution >= 0.6 is 11.8 Å². The van der Waals surface area contributed by atoms with Crippen molar-refractivity contribution in [1.29, 1.82) is 0 Å². The van der Waals surface area contributed by atoms with Crippen molar-refractivity contribution in [3.8, 4) is 0 Å². The first kappa shape index (κ1) is 14.6. The van der Waals surface area contributed by atoms with Crippen LogP contribution in [-0.4, -0.2) is 29.1 Å². The maximum atomic E-state index is 12.9. The maximum Gasteiger partial charge on any atom is 0.333 e. The Morgan fingerprint density at radius 2 is 2.15 bits per heavy atom. The molecule has 0 N–H and O–H groups in total. The molecule has 4 nitrogen and oxygen atoms in total. The zero-order chi connectivity index (χ0) is 14.5. The summed E-state index contributed by atoms with van der Waals surface area (Å²) in [7, 11) is 0. The molecule has 0 aromatic heterocycles. The number of hydrogen-bond acceptors (Lipinski definition) is 4. The van der Waals surface area contributed by atoms with Crippen LogP contribution in [0, 0.1) is 5.82 Å². The van der Waals surface area contributed by atoms with Gasteiger partial charge in [-0.25, -0.2) is 9.18 Å². The van der Waals surface area contributed by atoms with Crippen LogP contribution in [0.5, 0.6) is 0 Å². The molecule has 1 aromatic rings. The first-order chi connectivity index (χ1) is 9.60. The lowest BCUT2D eigenvalue weighted by molar-refractivity contribution is -0.137. The Bertz CT molecular complexity index is 542. The van der Waals surface area contributed by atoms with Gasteiger partial charge in [-0.3, -0.25) is 4.79 Å². The highest BCUT2D eigenvalue weighted by Gasteiger charge is 2.27. The standard InChI is InChI=1S/C14H14FNO3S/c1-2-19-14(18)7-13-16(12(17)9-20-13)8-10-3-5-11(15)6-4-10/h3-7H,2,8-9H2,1H3. The van der Waals surface area contributed by atoms with Crippen LogP contribution in [0.4, 0.5) is 4.39 Å². The lowest BCUT2D eigenvalue weighted by Crippen LogP contribution is -2.24. The van der Waals surface area contributed by atoms with E-state index in [4.69, 9.17) is 4.74 Å². The van der Waals surface area contributed by atoms with Gasteiger partial charge in [0.1, 0.15) is 5.82 Å². The van der Waals surface area contributed by atoms with Crippen molar-refractivity contribution < 1.29 is 18.7 Å². The number of hydrogen-bond donors (Lipinski definition) is 0. The predicted octanol–water partition coefficient (Wildman–Crippen LogP) is 2.31. The molecule has 6 heteroatoms. The first-order valence-electron chi connectivity index (χ1n) is 6.16. The molecular weight excluding hydrogens is 281 g/mol. The van der Waals surface area contributed by atoms with Gasteiger partial charge in [0.15, 0.2) is 0 Å². The molecule has 0 aliphatic carbocycles. The second-order valence-electron chi connectivity index (χ2n) is 4.13. The molecule has 20 heavy (non-hydrogen) atoms. The molecule has 106 valence electrons. The molecule has 1 aliphatic rings. The number of benzene rings is 1. The molecule has 0 unspecified atom stereocenters. The fraction of sp³-hybridized carbons (Fsp3) is 0.286. The van der Waals surface area contributed by atoms with Crippen molar-refractivity contribution in [1.82, 2.24) is 4.90 Å². The van der Waals surface area contributed by atoms with Gasteiger partial charge in [-0.15, -0.1) is 0 Å². The van der Waals surface area contributed by atoms with E-state index >= 15 is 0 Å². The number of nitrogens with zero attached hydrogens (tertiary/aromatic N) is 1. The minimum absolute atomic E-state index is 0.0742. The number of ether oxygens (including phenoxy) is 1. The third-order valence-electron chi connectivity index (χ3n) is 2.69. The largest absolute Gasteiger partial charge is 0.463 e. The number of amides is 1. The molecular formula is C14H14FNO3S. The number of halogens is 1. The van der Waals surface area contributed by atoms with Crippen LogP contribution in [-0.2, 0) is 20.9 Å². The zero-order valence-electron chi connectivity index (χ0n) is 11.0. The van der Waals surface area contributed by atoms with Crippen molar-refractivity contribution in [2.24, 2.45) is 0 Å². The van der Waals surface area contributed by atoms with E-state index in [0.717, 1.165) is 5.56 Å². The Labute approximate surface area is 120 Å².